The maximum absolute atomic E-state index is 12.3. The van der Waals surface area contributed by atoms with Crippen molar-refractivity contribution in [2.75, 3.05) is 25.0 Å². The number of alkyl halides is 3. The van der Waals surface area contributed by atoms with Crippen molar-refractivity contribution in [2.45, 2.75) is 24.9 Å². The topological polar surface area (TPSA) is 75.2 Å². The van der Waals surface area contributed by atoms with Gasteiger partial charge in [0.15, 0.2) is 11.6 Å². The number of likely N-dealkylation sites (tertiary alicyclic amines) is 1. The lowest BCUT2D eigenvalue weighted by molar-refractivity contribution is -0.274. The van der Waals surface area contributed by atoms with Crippen LogP contribution < -0.4 is 15.5 Å². The minimum Gasteiger partial charge on any atom is -0.406 e. The predicted molar refractivity (Wildman–Crippen MR) is 112 cm³/mol. The number of nitrogens with zero attached hydrogens (tertiary/aromatic N) is 2. The third-order valence-electron chi connectivity index (χ3n) is 5.15. The zero-order chi connectivity index (χ0) is 22.8. The van der Waals surface area contributed by atoms with Gasteiger partial charge in [-0.2, -0.15) is 0 Å². The summed E-state index contributed by atoms with van der Waals surface area (Å²) in [6, 6.07) is 12.3. The number of hydroxylamine groups is 1. The Morgan fingerprint density at radius 3 is 2.44 bits per heavy atom. The van der Waals surface area contributed by atoms with Crippen LogP contribution in [0.2, 0.25) is 5.02 Å². The highest BCUT2D eigenvalue weighted by Gasteiger charge is 2.40. The molecule has 7 nitrogen and oxygen atoms in total. The van der Waals surface area contributed by atoms with Crippen LogP contribution in [0.4, 0.5) is 18.9 Å². The van der Waals surface area contributed by atoms with Crippen molar-refractivity contribution in [3.05, 3.63) is 59.1 Å². The largest absolute Gasteiger partial charge is 0.573 e. The van der Waals surface area contributed by atoms with Crippen LogP contribution >= 0.6 is 11.6 Å². The molecule has 1 saturated heterocycles. The monoisotopic (exact) mass is 468 g/mol. The number of anilines is 1. The molecule has 0 aromatic heterocycles. The summed E-state index contributed by atoms with van der Waals surface area (Å²) in [4.78, 5) is 24.6. The summed E-state index contributed by atoms with van der Waals surface area (Å²) >= 11 is 5.85. The molecule has 2 aliphatic heterocycles. The maximum Gasteiger partial charge on any atom is 0.573 e. The van der Waals surface area contributed by atoms with Gasteiger partial charge in [0.25, 0.3) is 0 Å². The van der Waals surface area contributed by atoms with Crippen LogP contribution in [-0.4, -0.2) is 48.4 Å². The van der Waals surface area contributed by atoms with Gasteiger partial charge in [-0.3, -0.25) is 9.69 Å². The van der Waals surface area contributed by atoms with Crippen LogP contribution in [0.15, 0.2) is 53.5 Å². The van der Waals surface area contributed by atoms with Gasteiger partial charge in [0.2, 0.25) is 5.91 Å². The van der Waals surface area contributed by atoms with Crippen molar-refractivity contribution in [1.82, 2.24) is 10.4 Å². The number of ether oxygens (including phenoxy) is 1. The lowest BCUT2D eigenvalue weighted by Crippen LogP contribution is -2.46. The molecule has 2 aliphatic rings. The zero-order valence-electron chi connectivity index (χ0n) is 16.8. The van der Waals surface area contributed by atoms with E-state index in [9.17, 15) is 18.0 Å². The Morgan fingerprint density at radius 1 is 1.16 bits per heavy atom. The molecule has 170 valence electrons. The number of benzene rings is 2. The fourth-order valence-corrected chi connectivity index (χ4v) is 3.67. The third-order valence-corrected chi connectivity index (χ3v) is 5.40. The lowest BCUT2D eigenvalue weighted by Gasteiger charge is -2.35. The molecular formula is C21H20ClF3N4O3. The quantitative estimate of drug-likeness (QED) is 0.695. The smallest absolute Gasteiger partial charge is 0.406 e. The molecule has 0 saturated carbocycles. The first-order valence-electron chi connectivity index (χ1n) is 9.88. The maximum atomic E-state index is 12.3. The molecule has 2 aromatic rings. The van der Waals surface area contributed by atoms with Crippen LogP contribution in [0.1, 0.15) is 18.4 Å². The van der Waals surface area contributed by atoms with E-state index in [1.54, 1.807) is 24.3 Å². The number of hydrogen-bond donors (Lipinski definition) is 2. The van der Waals surface area contributed by atoms with E-state index in [0.717, 1.165) is 0 Å². The predicted octanol–water partition coefficient (Wildman–Crippen LogP) is 3.95. The second-order valence-corrected chi connectivity index (χ2v) is 7.95. The van der Waals surface area contributed by atoms with E-state index in [1.165, 1.54) is 24.3 Å². The number of aliphatic imine (C=N–C) groups is 1. The number of carbonyl (C=O) groups excluding carboxylic acids is 1. The van der Waals surface area contributed by atoms with Crippen LogP contribution in [0.5, 0.6) is 5.75 Å². The van der Waals surface area contributed by atoms with Gasteiger partial charge in [0.05, 0.1) is 6.54 Å². The molecule has 1 spiro atoms. The fourth-order valence-electron chi connectivity index (χ4n) is 3.54. The summed E-state index contributed by atoms with van der Waals surface area (Å²) < 4.78 is 40.8. The van der Waals surface area contributed by atoms with E-state index >= 15 is 0 Å². The number of nitrogens with one attached hydrogen (secondary N) is 2. The van der Waals surface area contributed by atoms with Crippen molar-refractivity contribution >= 4 is 29.0 Å². The van der Waals surface area contributed by atoms with Crippen LogP contribution in [0.25, 0.3) is 0 Å². The molecule has 2 aromatic carbocycles. The van der Waals surface area contributed by atoms with Gasteiger partial charge in [0, 0.05) is 42.2 Å². The Labute approximate surface area is 187 Å². The Hall–Kier alpha value is -2.82. The summed E-state index contributed by atoms with van der Waals surface area (Å²) in [7, 11) is 0. The van der Waals surface area contributed by atoms with E-state index in [-0.39, 0.29) is 18.2 Å². The number of carbonyl (C=O) groups is 1. The highest BCUT2D eigenvalue weighted by Crippen LogP contribution is 2.31. The normalized spacial score (nSPS) is 18.2. The number of amides is 1. The minimum atomic E-state index is -4.74. The van der Waals surface area contributed by atoms with Gasteiger partial charge in [-0.05, 0) is 48.5 Å². The van der Waals surface area contributed by atoms with Crippen LogP contribution in [-0.2, 0) is 9.63 Å². The standard InChI is InChI=1S/C21H20ClF3N4O3/c22-15-3-5-16(6-4-15)26-18(30)13-29-11-9-20(10-12-29)27-19(28-32-20)14-1-7-17(8-2-14)31-21(23,24)25/h1-8H,9-13H2,(H,26,30)(H,27,28). The molecule has 0 radical (unpaired) electrons. The summed E-state index contributed by atoms with van der Waals surface area (Å²) in [5.74, 6) is 0.0113. The Morgan fingerprint density at radius 2 is 1.81 bits per heavy atom. The highest BCUT2D eigenvalue weighted by molar-refractivity contribution is 6.30. The molecule has 2 heterocycles. The number of rotatable bonds is 5. The lowest BCUT2D eigenvalue weighted by atomic mass is 10.0. The number of piperidine rings is 1. The van der Waals surface area contributed by atoms with E-state index in [1.807, 2.05) is 4.90 Å². The van der Waals surface area contributed by atoms with E-state index in [2.05, 4.69) is 20.5 Å². The zero-order valence-corrected chi connectivity index (χ0v) is 17.5. The molecule has 2 N–H and O–H groups in total. The third kappa shape index (κ3) is 5.70. The molecule has 0 bridgehead atoms. The molecule has 32 heavy (non-hydrogen) atoms. The SMILES string of the molecule is O=C(CN1CCC2(CC1)N=C(c1ccc(OC(F)(F)F)cc1)NO2)Nc1ccc(Cl)cc1. The molecule has 11 heteroatoms. The van der Waals surface area contributed by atoms with Crippen molar-refractivity contribution in [2.24, 2.45) is 4.99 Å². The summed E-state index contributed by atoms with van der Waals surface area (Å²) in [6.45, 7) is 1.44. The fraction of sp³-hybridized carbons (Fsp3) is 0.333. The molecule has 0 atom stereocenters. The minimum absolute atomic E-state index is 0.126. The van der Waals surface area contributed by atoms with Gasteiger partial charge < -0.3 is 10.1 Å². The van der Waals surface area contributed by atoms with E-state index in [0.29, 0.717) is 48.0 Å². The van der Waals surface area contributed by atoms with E-state index < -0.39 is 12.1 Å². The Balaban J connectivity index is 1.30. The van der Waals surface area contributed by atoms with Crippen molar-refractivity contribution < 1.29 is 27.5 Å². The van der Waals surface area contributed by atoms with Gasteiger partial charge >= 0.3 is 6.36 Å². The number of halogens is 4. The van der Waals surface area contributed by atoms with Gasteiger partial charge in [-0.25, -0.2) is 15.3 Å². The van der Waals surface area contributed by atoms with Gasteiger partial charge in [0.1, 0.15) is 5.75 Å². The molecule has 1 fully saturated rings. The van der Waals surface area contributed by atoms with Crippen molar-refractivity contribution in [1.29, 1.82) is 0 Å². The second kappa shape index (κ2) is 8.97. The highest BCUT2D eigenvalue weighted by atomic mass is 35.5. The first kappa shape index (κ1) is 22.4. The average molecular weight is 469 g/mol. The molecule has 0 unspecified atom stereocenters. The first-order chi connectivity index (χ1) is 15.2. The summed E-state index contributed by atoms with van der Waals surface area (Å²) in [6.07, 6.45) is -3.61. The average Bonchev–Trinajstić information content (AvgIpc) is 3.15. The Kier molecular flexibility index (Phi) is 6.27. The van der Waals surface area contributed by atoms with Gasteiger partial charge in [-0.15, -0.1) is 13.2 Å². The molecule has 1 amide bonds. The van der Waals surface area contributed by atoms with Crippen molar-refractivity contribution in [3.63, 3.8) is 0 Å². The molecular weight excluding hydrogens is 449 g/mol. The second-order valence-electron chi connectivity index (χ2n) is 7.51. The summed E-state index contributed by atoms with van der Waals surface area (Å²) in [5.41, 5.74) is 3.27. The van der Waals surface area contributed by atoms with Gasteiger partial charge in [-0.1, -0.05) is 11.6 Å². The Bertz CT molecular complexity index is 989. The first-order valence-corrected chi connectivity index (χ1v) is 10.3. The summed E-state index contributed by atoms with van der Waals surface area (Å²) in [5, 5.41) is 3.43. The molecule has 4 rings (SSSR count). The van der Waals surface area contributed by atoms with Crippen molar-refractivity contribution in [3.8, 4) is 5.75 Å². The van der Waals surface area contributed by atoms with E-state index in [4.69, 9.17) is 16.4 Å². The molecule has 0 aliphatic carbocycles. The van der Waals surface area contributed by atoms with Crippen LogP contribution in [0, 0.1) is 0 Å². The van der Waals surface area contributed by atoms with Crippen LogP contribution in [0.3, 0.4) is 0 Å². The number of hydrogen-bond acceptors (Lipinski definition) is 6. The number of amidine groups is 1.